The molecule has 1 fully saturated rings. The molecule has 0 bridgehead atoms. The monoisotopic (exact) mass is 281 g/mol. The van der Waals surface area contributed by atoms with Gasteiger partial charge in [-0.25, -0.2) is 0 Å². The summed E-state index contributed by atoms with van der Waals surface area (Å²) in [5.74, 6) is 0.0971. The standard InChI is InChI=1S/C15H20ClNO2/c1-2-14(18)17-11-15(7-9-19-10-8-15)12-3-5-13(16)6-4-12/h3-6H,2,7-11H2,1H3,(H,17,18). The zero-order chi connectivity index (χ0) is 13.7. The summed E-state index contributed by atoms with van der Waals surface area (Å²) >= 11 is 5.95. The van der Waals surface area contributed by atoms with E-state index in [9.17, 15) is 4.79 Å². The third-order valence-corrected chi connectivity index (χ3v) is 4.10. The minimum atomic E-state index is -0.0202. The predicted molar refractivity (Wildman–Crippen MR) is 76.5 cm³/mol. The zero-order valence-corrected chi connectivity index (χ0v) is 12.0. The summed E-state index contributed by atoms with van der Waals surface area (Å²) in [6, 6.07) is 7.95. The lowest BCUT2D eigenvalue weighted by atomic mass is 9.74. The largest absolute Gasteiger partial charge is 0.381 e. The fourth-order valence-electron chi connectivity index (χ4n) is 2.53. The molecule has 19 heavy (non-hydrogen) atoms. The number of amides is 1. The number of benzene rings is 1. The molecule has 0 atom stereocenters. The molecule has 0 spiro atoms. The Bertz CT molecular complexity index is 424. The summed E-state index contributed by atoms with van der Waals surface area (Å²) in [6.45, 7) is 4.02. The van der Waals surface area contributed by atoms with Crippen LogP contribution in [0.2, 0.25) is 5.02 Å². The Labute approximate surface area is 119 Å². The first-order valence-corrected chi connectivity index (χ1v) is 7.14. The molecule has 0 aliphatic carbocycles. The van der Waals surface area contributed by atoms with Crippen LogP contribution >= 0.6 is 11.6 Å². The summed E-state index contributed by atoms with van der Waals surface area (Å²) in [5, 5.41) is 3.77. The van der Waals surface area contributed by atoms with Crippen LogP contribution in [0.15, 0.2) is 24.3 Å². The molecule has 1 saturated heterocycles. The highest BCUT2D eigenvalue weighted by Gasteiger charge is 2.34. The molecule has 0 unspecified atom stereocenters. The van der Waals surface area contributed by atoms with Gasteiger partial charge < -0.3 is 10.1 Å². The summed E-state index contributed by atoms with van der Waals surface area (Å²) in [5.41, 5.74) is 1.21. The van der Waals surface area contributed by atoms with Crippen LogP contribution in [0, 0.1) is 0 Å². The van der Waals surface area contributed by atoms with E-state index in [1.165, 1.54) is 5.56 Å². The van der Waals surface area contributed by atoms with Crippen LogP contribution in [0.25, 0.3) is 0 Å². The number of carbonyl (C=O) groups excluding carboxylic acids is 1. The van der Waals surface area contributed by atoms with Gasteiger partial charge in [0.2, 0.25) is 5.91 Å². The van der Waals surface area contributed by atoms with Crippen molar-refractivity contribution in [2.24, 2.45) is 0 Å². The van der Waals surface area contributed by atoms with Gasteiger partial charge in [-0.15, -0.1) is 0 Å². The second kappa shape index (κ2) is 6.40. The molecule has 0 radical (unpaired) electrons. The molecule has 104 valence electrons. The van der Waals surface area contributed by atoms with Crippen molar-refractivity contribution >= 4 is 17.5 Å². The lowest BCUT2D eigenvalue weighted by molar-refractivity contribution is -0.121. The van der Waals surface area contributed by atoms with E-state index in [-0.39, 0.29) is 11.3 Å². The second-order valence-corrected chi connectivity index (χ2v) is 5.47. The maximum absolute atomic E-state index is 11.5. The quantitative estimate of drug-likeness (QED) is 0.921. The van der Waals surface area contributed by atoms with Gasteiger partial charge in [-0.3, -0.25) is 4.79 Å². The van der Waals surface area contributed by atoms with Crippen molar-refractivity contribution in [2.45, 2.75) is 31.6 Å². The normalized spacial score (nSPS) is 18.0. The van der Waals surface area contributed by atoms with Crippen molar-refractivity contribution in [3.63, 3.8) is 0 Å². The Morgan fingerprint density at radius 3 is 2.53 bits per heavy atom. The SMILES string of the molecule is CCC(=O)NCC1(c2ccc(Cl)cc2)CCOCC1. The van der Waals surface area contributed by atoms with Crippen molar-refractivity contribution in [1.29, 1.82) is 0 Å². The number of hydrogen-bond acceptors (Lipinski definition) is 2. The first-order chi connectivity index (χ1) is 9.16. The number of nitrogens with one attached hydrogen (secondary N) is 1. The second-order valence-electron chi connectivity index (χ2n) is 5.03. The maximum atomic E-state index is 11.5. The smallest absolute Gasteiger partial charge is 0.219 e. The molecule has 3 nitrogen and oxygen atoms in total. The van der Waals surface area contributed by atoms with Gasteiger partial charge in [0, 0.05) is 36.6 Å². The summed E-state index contributed by atoms with van der Waals surface area (Å²) in [4.78, 5) is 11.5. The molecule has 1 N–H and O–H groups in total. The number of carbonyl (C=O) groups is 1. The molecule has 1 amide bonds. The molecule has 0 saturated carbocycles. The highest BCUT2D eigenvalue weighted by atomic mass is 35.5. The van der Waals surface area contributed by atoms with Crippen LogP contribution in [-0.4, -0.2) is 25.7 Å². The van der Waals surface area contributed by atoms with E-state index in [1.807, 2.05) is 19.1 Å². The number of hydrogen-bond donors (Lipinski definition) is 1. The van der Waals surface area contributed by atoms with Gasteiger partial charge in [-0.2, -0.15) is 0 Å². The van der Waals surface area contributed by atoms with Crippen LogP contribution in [0.5, 0.6) is 0 Å². The highest BCUT2D eigenvalue weighted by molar-refractivity contribution is 6.30. The summed E-state index contributed by atoms with van der Waals surface area (Å²) in [7, 11) is 0. The van der Waals surface area contributed by atoms with E-state index < -0.39 is 0 Å². The van der Waals surface area contributed by atoms with Crippen molar-refractivity contribution in [3.8, 4) is 0 Å². The van der Waals surface area contributed by atoms with Crippen LogP contribution in [0.3, 0.4) is 0 Å². The van der Waals surface area contributed by atoms with Crippen molar-refractivity contribution in [1.82, 2.24) is 5.32 Å². The Balaban J connectivity index is 2.18. The lowest BCUT2D eigenvalue weighted by Crippen LogP contribution is -2.44. The van der Waals surface area contributed by atoms with Gasteiger partial charge >= 0.3 is 0 Å². The van der Waals surface area contributed by atoms with Crippen molar-refractivity contribution < 1.29 is 9.53 Å². The molecule has 2 rings (SSSR count). The van der Waals surface area contributed by atoms with E-state index in [0.717, 1.165) is 31.1 Å². The van der Waals surface area contributed by atoms with Crippen LogP contribution < -0.4 is 5.32 Å². The van der Waals surface area contributed by atoms with E-state index in [4.69, 9.17) is 16.3 Å². The van der Waals surface area contributed by atoms with Gasteiger partial charge in [0.05, 0.1) is 0 Å². The van der Waals surface area contributed by atoms with Crippen LogP contribution in [0.1, 0.15) is 31.7 Å². The minimum Gasteiger partial charge on any atom is -0.381 e. The van der Waals surface area contributed by atoms with E-state index in [0.29, 0.717) is 13.0 Å². The van der Waals surface area contributed by atoms with Crippen molar-refractivity contribution in [3.05, 3.63) is 34.9 Å². The Hall–Kier alpha value is -1.06. The Kier molecular flexibility index (Phi) is 4.83. The van der Waals surface area contributed by atoms with E-state index in [1.54, 1.807) is 0 Å². The van der Waals surface area contributed by atoms with Crippen LogP contribution in [0.4, 0.5) is 0 Å². The molecule has 1 aromatic carbocycles. The molecule has 1 aliphatic rings. The van der Waals surface area contributed by atoms with Gasteiger partial charge in [0.1, 0.15) is 0 Å². The summed E-state index contributed by atoms with van der Waals surface area (Å²) in [6.07, 6.45) is 2.38. The fraction of sp³-hybridized carbons (Fsp3) is 0.533. The summed E-state index contributed by atoms with van der Waals surface area (Å²) < 4.78 is 5.46. The first-order valence-electron chi connectivity index (χ1n) is 6.77. The number of ether oxygens (including phenoxy) is 1. The molecule has 4 heteroatoms. The lowest BCUT2D eigenvalue weighted by Gasteiger charge is -2.38. The molecule has 1 heterocycles. The van der Waals surface area contributed by atoms with Gasteiger partial charge in [-0.1, -0.05) is 30.7 Å². The molecule has 1 aliphatic heterocycles. The maximum Gasteiger partial charge on any atom is 0.219 e. The van der Waals surface area contributed by atoms with Gasteiger partial charge in [0.15, 0.2) is 0 Å². The molecular weight excluding hydrogens is 262 g/mol. The third-order valence-electron chi connectivity index (χ3n) is 3.85. The molecule has 0 aromatic heterocycles. The van der Waals surface area contributed by atoms with Crippen LogP contribution in [-0.2, 0) is 14.9 Å². The topological polar surface area (TPSA) is 38.3 Å². The average Bonchev–Trinajstić information content (AvgIpc) is 2.46. The Morgan fingerprint density at radius 1 is 1.32 bits per heavy atom. The third kappa shape index (κ3) is 3.48. The first kappa shape index (κ1) is 14.4. The number of halogens is 1. The van der Waals surface area contributed by atoms with E-state index in [2.05, 4.69) is 17.4 Å². The highest BCUT2D eigenvalue weighted by Crippen LogP contribution is 2.34. The molecular formula is C15H20ClNO2. The average molecular weight is 282 g/mol. The number of rotatable bonds is 4. The zero-order valence-electron chi connectivity index (χ0n) is 11.2. The minimum absolute atomic E-state index is 0.0202. The van der Waals surface area contributed by atoms with Gasteiger partial charge in [0.25, 0.3) is 0 Å². The van der Waals surface area contributed by atoms with E-state index >= 15 is 0 Å². The van der Waals surface area contributed by atoms with Gasteiger partial charge in [-0.05, 0) is 30.5 Å². The van der Waals surface area contributed by atoms with Crippen molar-refractivity contribution in [2.75, 3.05) is 19.8 Å². The Morgan fingerprint density at radius 2 is 1.95 bits per heavy atom. The predicted octanol–water partition coefficient (Wildman–Crippen LogP) is 2.91. The molecule has 1 aromatic rings. The fourth-order valence-corrected chi connectivity index (χ4v) is 2.65.